The standard InChI is InChI=1S/C13H17N3O4/c1-9-5-10(16(19)20)7-14-12(9)15-8-13(3-2-4-13)6-11(17)18/h5,7H,2-4,6,8H2,1H3,(H,14,15)(H,17,18). The molecular weight excluding hydrogens is 262 g/mol. The molecule has 1 fully saturated rings. The van der Waals surface area contributed by atoms with Gasteiger partial charge in [0.1, 0.15) is 12.0 Å². The van der Waals surface area contributed by atoms with Crippen molar-refractivity contribution in [2.45, 2.75) is 32.6 Å². The van der Waals surface area contributed by atoms with E-state index in [1.54, 1.807) is 6.92 Å². The molecule has 0 aliphatic heterocycles. The molecule has 0 amide bonds. The number of carboxylic acids is 1. The second kappa shape index (κ2) is 5.44. The van der Waals surface area contributed by atoms with Gasteiger partial charge in [0, 0.05) is 12.6 Å². The highest BCUT2D eigenvalue weighted by Crippen LogP contribution is 2.44. The molecular formula is C13H17N3O4. The van der Waals surface area contributed by atoms with Gasteiger partial charge >= 0.3 is 5.97 Å². The first-order chi connectivity index (χ1) is 9.42. The molecule has 0 saturated heterocycles. The smallest absolute Gasteiger partial charge is 0.303 e. The topological polar surface area (TPSA) is 105 Å². The Kier molecular flexibility index (Phi) is 3.87. The molecule has 1 saturated carbocycles. The summed E-state index contributed by atoms with van der Waals surface area (Å²) >= 11 is 0. The van der Waals surface area contributed by atoms with Gasteiger partial charge in [-0.15, -0.1) is 0 Å². The third-order valence-corrected chi connectivity index (χ3v) is 3.85. The molecule has 1 aliphatic rings. The van der Waals surface area contributed by atoms with Crippen LogP contribution in [0.15, 0.2) is 12.3 Å². The Morgan fingerprint density at radius 3 is 2.75 bits per heavy atom. The lowest BCUT2D eigenvalue weighted by atomic mass is 9.66. The summed E-state index contributed by atoms with van der Waals surface area (Å²) in [6.45, 7) is 2.28. The Labute approximate surface area is 116 Å². The molecule has 1 aromatic heterocycles. The van der Waals surface area contributed by atoms with Crippen molar-refractivity contribution in [3.05, 3.63) is 27.9 Å². The van der Waals surface area contributed by atoms with Crippen molar-refractivity contribution in [2.24, 2.45) is 5.41 Å². The summed E-state index contributed by atoms with van der Waals surface area (Å²) in [4.78, 5) is 25.1. The van der Waals surface area contributed by atoms with Crippen molar-refractivity contribution in [2.75, 3.05) is 11.9 Å². The molecule has 0 radical (unpaired) electrons. The molecule has 1 aliphatic carbocycles. The van der Waals surface area contributed by atoms with Gasteiger partial charge in [0.15, 0.2) is 0 Å². The number of rotatable bonds is 6. The van der Waals surface area contributed by atoms with Crippen LogP contribution in [0.5, 0.6) is 0 Å². The summed E-state index contributed by atoms with van der Waals surface area (Å²) < 4.78 is 0. The van der Waals surface area contributed by atoms with Crippen molar-refractivity contribution < 1.29 is 14.8 Å². The van der Waals surface area contributed by atoms with Crippen molar-refractivity contribution in [1.82, 2.24) is 4.98 Å². The number of carboxylic acid groups (broad SMARTS) is 1. The zero-order valence-electron chi connectivity index (χ0n) is 11.3. The van der Waals surface area contributed by atoms with E-state index in [2.05, 4.69) is 10.3 Å². The number of nitro groups is 1. The zero-order valence-corrected chi connectivity index (χ0v) is 11.3. The molecule has 1 aromatic rings. The first kappa shape index (κ1) is 14.2. The van der Waals surface area contributed by atoms with Gasteiger partial charge in [-0.2, -0.15) is 0 Å². The Bertz CT molecular complexity index is 540. The molecule has 20 heavy (non-hydrogen) atoms. The van der Waals surface area contributed by atoms with Crippen LogP contribution in [0.25, 0.3) is 0 Å². The molecule has 108 valence electrons. The third-order valence-electron chi connectivity index (χ3n) is 3.85. The maximum atomic E-state index is 10.9. The van der Waals surface area contributed by atoms with Gasteiger partial charge in [-0.3, -0.25) is 14.9 Å². The van der Waals surface area contributed by atoms with E-state index in [1.165, 1.54) is 12.3 Å². The third kappa shape index (κ3) is 3.04. The minimum Gasteiger partial charge on any atom is -0.481 e. The largest absolute Gasteiger partial charge is 0.481 e. The molecule has 0 atom stereocenters. The fraction of sp³-hybridized carbons (Fsp3) is 0.538. The maximum absolute atomic E-state index is 10.9. The number of aryl methyl sites for hydroxylation is 1. The van der Waals surface area contributed by atoms with Crippen LogP contribution < -0.4 is 5.32 Å². The highest BCUT2D eigenvalue weighted by atomic mass is 16.6. The van der Waals surface area contributed by atoms with Crippen LogP contribution in [0.4, 0.5) is 11.5 Å². The van der Waals surface area contributed by atoms with E-state index >= 15 is 0 Å². The molecule has 1 heterocycles. The van der Waals surface area contributed by atoms with E-state index in [0.717, 1.165) is 19.3 Å². The van der Waals surface area contributed by atoms with Gasteiger partial charge in [-0.05, 0) is 30.7 Å². The lowest BCUT2D eigenvalue weighted by Crippen LogP contribution is -2.38. The summed E-state index contributed by atoms with van der Waals surface area (Å²) in [5.74, 6) is -0.216. The molecule has 2 rings (SSSR count). The van der Waals surface area contributed by atoms with E-state index in [1.807, 2.05) is 0 Å². The number of aliphatic carboxylic acids is 1. The van der Waals surface area contributed by atoms with E-state index < -0.39 is 10.9 Å². The SMILES string of the molecule is Cc1cc([N+](=O)[O-])cnc1NCC1(CC(=O)O)CCC1. The summed E-state index contributed by atoms with van der Waals surface area (Å²) in [7, 11) is 0. The number of pyridine rings is 1. The summed E-state index contributed by atoms with van der Waals surface area (Å²) in [5.41, 5.74) is 0.433. The monoisotopic (exact) mass is 279 g/mol. The summed E-state index contributed by atoms with van der Waals surface area (Å²) in [6, 6.07) is 1.46. The first-order valence-corrected chi connectivity index (χ1v) is 6.49. The summed E-state index contributed by atoms with van der Waals surface area (Å²) in [6.07, 6.45) is 4.17. The molecule has 0 unspecified atom stereocenters. The minimum atomic E-state index is -0.792. The van der Waals surface area contributed by atoms with E-state index in [0.29, 0.717) is 17.9 Å². The Morgan fingerprint density at radius 1 is 1.60 bits per heavy atom. The number of nitrogens with zero attached hydrogens (tertiary/aromatic N) is 2. The Hall–Kier alpha value is -2.18. The van der Waals surface area contributed by atoms with Gasteiger partial charge < -0.3 is 10.4 Å². The van der Waals surface area contributed by atoms with Crippen molar-refractivity contribution in [3.63, 3.8) is 0 Å². The van der Waals surface area contributed by atoms with E-state index in [4.69, 9.17) is 5.11 Å². The number of anilines is 1. The lowest BCUT2D eigenvalue weighted by molar-refractivity contribution is -0.385. The fourth-order valence-electron chi connectivity index (χ4n) is 2.53. The predicted molar refractivity (Wildman–Crippen MR) is 72.7 cm³/mol. The van der Waals surface area contributed by atoms with Gasteiger partial charge in [-0.1, -0.05) is 6.42 Å². The van der Waals surface area contributed by atoms with Gasteiger partial charge in [0.25, 0.3) is 5.69 Å². The molecule has 0 bridgehead atoms. The number of nitrogens with one attached hydrogen (secondary N) is 1. The van der Waals surface area contributed by atoms with Crippen LogP contribution >= 0.6 is 0 Å². The normalized spacial score (nSPS) is 16.2. The van der Waals surface area contributed by atoms with Gasteiger partial charge in [0.05, 0.1) is 11.3 Å². The number of carbonyl (C=O) groups is 1. The zero-order chi connectivity index (χ0) is 14.8. The van der Waals surface area contributed by atoms with Crippen LogP contribution in [0.2, 0.25) is 0 Å². The van der Waals surface area contributed by atoms with Crippen molar-refractivity contribution >= 4 is 17.5 Å². The quantitative estimate of drug-likeness (QED) is 0.611. The maximum Gasteiger partial charge on any atom is 0.303 e. The molecule has 0 aromatic carbocycles. The summed E-state index contributed by atoms with van der Waals surface area (Å²) in [5, 5.41) is 22.7. The van der Waals surface area contributed by atoms with Gasteiger partial charge in [0.2, 0.25) is 0 Å². The molecule has 7 heteroatoms. The average Bonchev–Trinajstić information content (AvgIpc) is 2.33. The van der Waals surface area contributed by atoms with Crippen LogP contribution in [-0.2, 0) is 4.79 Å². The van der Waals surface area contributed by atoms with E-state index in [9.17, 15) is 14.9 Å². The first-order valence-electron chi connectivity index (χ1n) is 6.49. The number of hydrogen-bond donors (Lipinski definition) is 2. The number of hydrogen-bond acceptors (Lipinski definition) is 5. The Morgan fingerprint density at radius 2 is 2.30 bits per heavy atom. The fourth-order valence-corrected chi connectivity index (χ4v) is 2.53. The number of aromatic nitrogens is 1. The van der Waals surface area contributed by atoms with Gasteiger partial charge in [-0.25, -0.2) is 4.98 Å². The highest BCUT2D eigenvalue weighted by molar-refractivity contribution is 5.68. The van der Waals surface area contributed by atoms with Crippen molar-refractivity contribution in [1.29, 1.82) is 0 Å². The van der Waals surface area contributed by atoms with Crippen LogP contribution in [-0.4, -0.2) is 27.5 Å². The predicted octanol–water partition coefficient (Wildman–Crippen LogP) is 2.36. The van der Waals surface area contributed by atoms with Crippen LogP contribution in [0, 0.1) is 22.5 Å². The molecule has 7 nitrogen and oxygen atoms in total. The highest BCUT2D eigenvalue weighted by Gasteiger charge is 2.38. The average molecular weight is 279 g/mol. The molecule has 0 spiro atoms. The van der Waals surface area contributed by atoms with Crippen LogP contribution in [0.1, 0.15) is 31.2 Å². The Balaban J connectivity index is 2.03. The second-order valence-corrected chi connectivity index (χ2v) is 5.39. The van der Waals surface area contributed by atoms with E-state index in [-0.39, 0.29) is 17.5 Å². The molecule has 2 N–H and O–H groups in total. The van der Waals surface area contributed by atoms with Crippen molar-refractivity contribution in [3.8, 4) is 0 Å². The lowest BCUT2D eigenvalue weighted by Gasteiger charge is -2.41. The minimum absolute atomic E-state index is 0.0445. The second-order valence-electron chi connectivity index (χ2n) is 5.39. The van der Waals surface area contributed by atoms with Crippen LogP contribution in [0.3, 0.4) is 0 Å².